The van der Waals surface area contributed by atoms with Crippen molar-refractivity contribution in [1.29, 1.82) is 0 Å². The van der Waals surface area contributed by atoms with Gasteiger partial charge in [0.05, 0.1) is 5.75 Å². The van der Waals surface area contributed by atoms with Gasteiger partial charge in [-0.3, -0.25) is 4.79 Å². The molecule has 1 aromatic carbocycles. The molecule has 0 saturated heterocycles. The van der Waals surface area contributed by atoms with Gasteiger partial charge in [-0.15, -0.1) is 11.8 Å². The largest absolute Gasteiger partial charge is 0.310 e. The third-order valence-electron chi connectivity index (χ3n) is 1.91. The molecule has 1 N–H and O–H groups in total. The number of benzene rings is 1. The fourth-order valence-corrected chi connectivity index (χ4v) is 2.07. The zero-order valence-corrected chi connectivity index (χ0v) is 9.89. The molecule has 0 fully saturated rings. The summed E-state index contributed by atoms with van der Waals surface area (Å²) in [5.41, 5.74) is -0.123. The van der Waals surface area contributed by atoms with Crippen molar-refractivity contribution in [3.8, 4) is 0 Å². The van der Waals surface area contributed by atoms with Crippen LogP contribution in [-0.4, -0.2) is 9.97 Å². The first kappa shape index (κ1) is 11.2. The highest BCUT2D eigenvalue weighted by atomic mass is 35.5. The third kappa shape index (κ3) is 3.12. The molecule has 16 heavy (non-hydrogen) atoms. The molecular formula is C11H9ClN2OS. The number of H-pyrrole nitrogens is 1. The van der Waals surface area contributed by atoms with Gasteiger partial charge in [-0.2, -0.15) is 0 Å². The second kappa shape index (κ2) is 5.18. The predicted molar refractivity (Wildman–Crippen MR) is 65.9 cm³/mol. The number of hydrogen-bond donors (Lipinski definition) is 1. The lowest BCUT2D eigenvalue weighted by molar-refractivity contribution is 1.00. The minimum Gasteiger partial charge on any atom is -0.310 e. The number of thioether (sulfide) groups is 1. The molecular weight excluding hydrogens is 244 g/mol. The second-order valence-electron chi connectivity index (χ2n) is 3.12. The predicted octanol–water partition coefficient (Wildman–Crippen LogP) is 2.72. The average molecular weight is 253 g/mol. The van der Waals surface area contributed by atoms with Gasteiger partial charge in [-0.25, -0.2) is 4.98 Å². The van der Waals surface area contributed by atoms with Crippen molar-refractivity contribution >= 4 is 23.4 Å². The maximum absolute atomic E-state index is 11.0. The van der Waals surface area contributed by atoms with Crippen LogP contribution >= 0.6 is 23.4 Å². The summed E-state index contributed by atoms with van der Waals surface area (Å²) in [6, 6.07) is 8.95. The summed E-state index contributed by atoms with van der Waals surface area (Å²) >= 11 is 7.38. The van der Waals surface area contributed by atoms with E-state index < -0.39 is 0 Å². The van der Waals surface area contributed by atoms with Gasteiger partial charge < -0.3 is 4.98 Å². The van der Waals surface area contributed by atoms with Crippen LogP contribution in [0.15, 0.2) is 46.2 Å². The lowest BCUT2D eigenvalue weighted by atomic mass is 10.4. The van der Waals surface area contributed by atoms with E-state index in [9.17, 15) is 4.79 Å². The molecule has 0 bridgehead atoms. The van der Waals surface area contributed by atoms with E-state index in [1.165, 1.54) is 12.3 Å². The maximum atomic E-state index is 11.0. The lowest BCUT2D eigenvalue weighted by Crippen LogP contribution is -2.07. The molecule has 0 saturated carbocycles. The Morgan fingerprint density at radius 2 is 2.00 bits per heavy atom. The Balaban J connectivity index is 2.02. The number of rotatable bonds is 3. The quantitative estimate of drug-likeness (QED) is 0.855. The molecule has 5 heteroatoms. The molecule has 0 spiro atoms. The van der Waals surface area contributed by atoms with Crippen molar-refractivity contribution in [2.75, 3.05) is 0 Å². The van der Waals surface area contributed by atoms with E-state index in [1.54, 1.807) is 11.8 Å². The van der Waals surface area contributed by atoms with Crippen LogP contribution in [0.3, 0.4) is 0 Å². The number of nitrogens with zero attached hydrogens (tertiary/aromatic N) is 1. The molecule has 0 radical (unpaired) electrons. The smallest absolute Gasteiger partial charge is 0.250 e. The molecule has 1 aromatic heterocycles. The first-order chi connectivity index (χ1) is 7.74. The van der Waals surface area contributed by atoms with Crippen LogP contribution in [0.2, 0.25) is 5.02 Å². The fourth-order valence-electron chi connectivity index (χ4n) is 1.17. The van der Waals surface area contributed by atoms with E-state index in [0.29, 0.717) is 11.6 Å². The van der Waals surface area contributed by atoms with Crippen LogP contribution < -0.4 is 5.56 Å². The molecule has 1 heterocycles. The first-order valence-electron chi connectivity index (χ1n) is 4.66. The molecule has 0 atom stereocenters. The minimum absolute atomic E-state index is 0.123. The molecule has 0 aliphatic rings. The Morgan fingerprint density at radius 3 is 2.69 bits per heavy atom. The molecule has 0 unspecified atom stereocenters. The van der Waals surface area contributed by atoms with Gasteiger partial charge in [0.2, 0.25) is 0 Å². The molecule has 0 amide bonds. The van der Waals surface area contributed by atoms with E-state index in [4.69, 9.17) is 11.6 Å². The van der Waals surface area contributed by atoms with Gasteiger partial charge >= 0.3 is 0 Å². The lowest BCUT2D eigenvalue weighted by Gasteiger charge is -2.00. The van der Waals surface area contributed by atoms with Crippen molar-refractivity contribution < 1.29 is 0 Å². The minimum atomic E-state index is -0.123. The highest BCUT2D eigenvalue weighted by Crippen LogP contribution is 2.22. The topological polar surface area (TPSA) is 45.8 Å². The zero-order chi connectivity index (χ0) is 11.4. The van der Waals surface area contributed by atoms with Crippen LogP contribution in [0.1, 0.15) is 5.82 Å². The Morgan fingerprint density at radius 1 is 1.25 bits per heavy atom. The highest BCUT2D eigenvalue weighted by Gasteiger charge is 1.98. The molecule has 2 rings (SSSR count). The Kier molecular flexibility index (Phi) is 3.64. The van der Waals surface area contributed by atoms with Crippen LogP contribution in [0.25, 0.3) is 0 Å². The summed E-state index contributed by atoms with van der Waals surface area (Å²) in [6.45, 7) is 0. The average Bonchev–Trinajstić information content (AvgIpc) is 2.28. The first-order valence-corrected chi connectivity index (χ1v) is 6.03. The third-order valence-corrected chi connectivity index (χ3v) is 3.19. The van der Waals surface area contributed by atoms with Gasteiger partial charge in [0.25, 0.3) is 5.56 Å². The molecule has 82 valence electrons. The molecule has 0 aliphatic carbocycles. The SMILES string of the molecule is O=c1ccnc(CSc2ccc(Cl)cc2)[nH]1. The van der Waals surface area contributed by atoms with Crippen LogP contribution in [0.4, 0.5) is 0 Å². The van der Waals surface area contributed by atoms with Gasteiger partial charge in [0.15, 0.2) is 0 Å². The van der Waals surface area contributed by atoms with Gasteiger partial charge in [0.1, 0.15) is 5.82 Å². The number of halogens is 1. The number of nitrogens with one attached hydrogen (secondary N) is 1. The maximum Gasteiger partial charge on any atom is 0.250 e. The molecule has 3 nitrogen and oxygen atoms in total. The van der Waals surface area contributed by atoms with Crippen molar-refractivity contribution in [3.05, 3.63) is 57.7 Å². The van der Waals surface area contributed by atoms with Crippen molar-refractivity contribution in [1.82, 2.24) is 9.97 Å². The van der Waals surface area contributed by atoms with Crippen molar-refractivity contribution in [2.24, 2.45) is 0 Å². The number of aromatic nitrogens is 2. The monoisotopic (exact) mass is 252 g/mol. The molecule has 2 aromatic rings. The van der Waals surface area contributed by atoms with Gasteiger partial charge in [0, 0.05) is 22.2 Å². The van der Waals surface area contributed by atoms with E-state index in [-0.39, 0.29) is 5.56 Å². The van der Waals surface area contributed by atoms with E-state index in [0.717, 1.165) is 9.92 Å². The summed E-state index contributed by atoms with van der Waals surface area (Å²) < 4.78 is 0. The summed E-state index contributed by atoms with van der Waals surface area (Å²) in [6.07, 6.45) is 1.51. The summed E-state index contributed by atoms with van der Waals surface area (Å²) in [7, 11) is 0. The summed E-state index contributed by atoms with van der Waals surface area (Å²) in [5.74, 6) is 1.31. The van der Waals surface area contributed by atoms with Crippen LogP contribution in [-0.2, 0) is 5.75 Å². The van der Waals surface area contributed by atoms with E-state index in [2.05, 4.69) is 9.97 Å². The Labute approximate surface area is 102 Å². The normalized spacial score (nSPS) is 10.3. The van der Waals surface area contributed by atoms with Crippen LogP contribution in [0, 0.1) is 0 Å². The zero-order valence-electron chi connectivity index (χ0n) is 8.31. The number of aromatic amines is 1. The Hall–Kier alpha value is -1.26. The summed E-state index contributed by atoms with van der Waals surface area (Å²) in [4.78, 5) is 18.9. The van der Waals surface area contributed by atoms with Gasteiger partial charge in [-0.05, 0) is 24.3 Å². The fraction of sp³-hybridized carbons (Fsp3) is 0.0909. The molecule has 0 aliphatic heterocycles. The van der Waals surface area contributed by atoms with E-state index >= 15 is 0 Å². The second-order valence-corrected chi connectivity index (χ2v) is 4.61. The van der Waals surface area contributed by atoms with Gasteiger partial charge in [-0.1, -0.05) is 11.6 Å². The van der Waals surface area contributed by atoms with Crippen molar-refractivity contribution in [2.45, 2.75) is 10.6 Å². The standard InChI is InChI=1S/C11H9ClN2OS/c12-8-1-3-9(4-2-8)16-7-10-13-6-5-11(15)14-10/h1-6H,7H2,(H,13,14,15). The van der Waals surface area contributed by atoms with Crippen molar-refractivity contribution in [3.63, 3.8) is 0 Å². The Bertz CT molecular complexity index is 524. The van der Waals surface area contributed by atoms with E-state index in [1.807, 2.05) is 24.3 Å². The summed E-state index contributed by atoms with van der Waals surface area (Å²) in [5, 5.41) is 0.718. The highest BCUT2D eigenvalue weighted by molar-refractivity contribution is 7.98. The van der Waals surface area contributed by atoms with Crippen LogP contribution in [0.5, 0.6) is 0 Å². The number of hydrogen-bond acceptors (Lipinski definition) is 3.